The summed E-state index contributed by atoms with van der Waals surface area (Å²) in [6.07, 6.45) is 1.24. The number of rotatable bonds is 4. The summed E-state index contributed by atoms with van der Waals surface area (Å²) in [7, 11) is 0. The topological polar surface area (TPSA) is 46.6 Å². The molecule has 1 aliphatic heterocycles. The van der Waals surface area contributed by atoms with Crippen molar-refractivity contribution in [2.24, 2.45) is 5.92 Å². The maximum absolute atomic E-state index is 12.9. The van der Waals surface area contributed by atoms with Gasteiger partial charge < -0.3 is 9.64 Å². The number of benzene rings is 1. The molecule has 0 bridgehead atoms. The minimum Gasteiger partial charge on any atom is -0.460 e. The highest BCUT2D eigenvalue weighted by Crippen LogP contribution is 2.24. The molecule has 0 spiro atoms. The lowest BCUT2D eigenvalue weighted by molar-refractivity contribution is -0.155. The number of carbonyl (C=O) groups excluding carboxylic acids is 2. The van der Waals surface area contributed by atoms with Gasteiger partial charge in [0.2, 0.25) is 5.78 Å². The Hall–Kier alpha value is -1.91. The number of anilines is 1. The van der Waals surface area contributed by atoms with E-state index >= 15 is 0 Å². The first kappa shape index (κ1) is 14.5. The van der Waals surface area contributed by atoms with Crippen LogP contribution in [0, 0.1) is 11.7 Å². The number of esters is 1. The smallest absolute Gasteiger partial charge is 0.374 e. The highest BCUT2D eigenvalue weighted by Gasteiger charge is 2.30. The van der Waals surface area contributed by atoms with Gasteiger partial charge in [0.1, 0.15) is 5.82 Å². The largest absolute Gasteiger partial charge is 0.460 e. The molecular weight excluding hydrogens is 261 g/mol. The number of hydrogen-bond acceptors (Lipinski definition) is 4. The molecule has 1 heterocycles. The van der Waals surface area contributed by atoms with E-state index in [4.69, 9.17) is 4.74 Å². The maximum Gasteiger partial charge on any atom is 0.374 e. The molecule has 0 saturated carbocycles. The minimum absolute atomic E-state index is 0.221. The molecule has 0 aliphatic carbocycles. The summed E-state index contributed by atoms with van der Waals surface area (Å²) in [4.78, 5) is 25.3. The van der Waals surface area contributed by atoms with E-state index in [9.17, 15) is 14.0 Å². The molecule has 4 nitrogen and oxygen atoms in total. The average molecular weight is 279 g/mol. The fraction of sp³-hybridized carbons (Fsp3) is 0.467. The van der Waals surface area contributed by atoms with Crippen LogP contribution in [0.5, 0.6) is 0 Å². The first-order chi connectivity index (χ1) is 9.61. The van der Waals surface area contributed by atoms with Gasteiger partial charge >= 0.3 is 5.97 Å². The molecule has 1 aliphatic rings. The van der Waals surface area contributed by atoms with Crippen molar-refractivity contribution in [3.8, 4) is 0 Å². The summed E-state index contributed by atoms with van der Waals surface area (Å²) >= 11 is 0. The van der Waals surface area contributed by atoms with E-state index in [1.54, 1.807) is 19.1 Å². The van der Waals surface area contributed by atoms with Gasteiger partial charge in [0.05, 0.1) is 6.61 Å². The van der Waals surface area contributed by atoms with Crippen LogP contribution in [-0.2, 0) is 14.3 Å². The van der Waals surface area contributed by atoms with Gasteiger partial charge in [-0.25, -0.2) is 9.18 Å². The molecule has 0 unspecified atom stereocenters. The molecule has 20 heavy (non-hydrogen) atoms. The van der Waals surface area contributed by atoms with Crippen LogP contribution in [0.3, 0.4) is 0 Å². The zero-order valence-electron chi connectivity index (χ0n) is 11.5. The quantitative estimate of drug-likeness (QED) is 0.626. The molecule has 2 rings (SSSR count). The van der Waals surface area contributed by atoms with Crippen molar-refractivity contribution in [2.75, 3.05) is 24.6 Å². The standard InChI is InChI=1S/C15H18FNO3/c1-2-20-15(19)14(18)11-7-9-17(10-8-11)13-5-3-12(16)4-6-13/h3-6,11H,2,7-10H2,1H3. The predicted octanol–water partition coefficient (Wildman–Crippen LogP) is 2.17. The normalized spacial score (nSPS) is 16.0. The highest BCUT2D eigenvalue weighted by atomic mass is 19.1. The van der Waals surface area contributed by atoms with Crippen LogP contribution in [0.2, 0.25) is 0 Å². The average Bonchev–Trinajstić information content (AvgIpc) is 2.48. The maximum atomic E-state index is 12.9. The summed E-state index contributed by atoms with van der Waals surface area (Å²) in [6.45, 7) is 3.27. The second-order valence-corrected chi connectivity index (χ2v) is 4.82. The predicted molar refractivity (Wildman–Crippen MR) is 73.0 cm³/mol. The molecule has 0 amide bonds. The third kappa shape index (κ3) is 3.35. The van der Waals surface area contributed by atoms with Gasteiger partial charge in [0.25, 0.3) is 0 Å². The molecular formula is C15H18FNO3. The van der Waals surface area contributed by atoms with Crippen LogP contribution in [0.25, 0.3) is 0 Å². The lowest BCUT2D eigenvalue weighted by atomic mass is 9.92. The lowest BCUT2D eigenvalue weighted by Crippen LogP contribution is -2.38. The van der Waals surface area contributed by atoms with E-state index < -0.39 is 11.8 Å². The molecule has 0 radical (unpaired) electrons. The van der Waals surface area contributed by atoms with Gasteiger partial charge in [0.15, 0.2) is 0 Å². The lowest BCUT2D eigenvalue weighted by Gasteiger charge is -2.32. The first-order valence-corrected chi connectivity index (χ1v) is 6.83. The Bertz CT molecular complexity index is 478. The Morgan fingerprint density at radius 2 is 1.85 bits per heavy atom. The molecule has 0 N–H and O–H groups in total. The summed E-state index contributed by atoms with van der Waals surface area (Å²) in [5, 5.41) is 0. The second-order valence-electron chi connectivity index (χ2n) is 4.82. The molecule has 5 heteroatoms. The van der Waals surface area contributed by atoms with Crippen LogP contribution in [0.1, 0.15) is 19.8 Å². The molecule has 0 atom stereocenters. The zero-order valence-corrected chi connectivity index (χ0v) is 11.5. The van der Waals surface area contributed by atoms with Crippen molar-refractivity contribution in [1.29, 1.82) is 0 Å². The number of ether oxygens (including phenoxy) is 1. The summed E-state index contributed by atoms with van der Waals surface area (Å²) < 4.78 is 17.6. The van der Waals surface area contributed by atoms with E-state index in [0.717, 1.165) is 5.69 Å². The van der Waals surface area contributed by atoms with E-state index in [0.29, 0.717) is 25.9 Å². The van der Waals surface area contributed by atoms with Gasteiger partial charge in [-0.3, -0.25) is 4.79 Å². The third-order valence-electron chi connectivity index (χ3n) is 3.53. The monoisotopic (exact) mass is 279 g/mol. The van der Waals surface area contributed by atoms with Crippen molar-refractivity contribution in [2.45, 2.75) is 19.8 Å². The Morgan fingerprint density at radius 3 is 2.40 bits per heavy atom. The number of Topliss-reactive ketones (excluding diaryl/α,β-unsaturated/α-hetero) is 1. The summed E-state index contributed by atoms with van der Waals surface area (Å²) in [6, 6.07) is 6.29. The minimum atomic E-state index is -0.729. The Labute approximate surface area is 117 Å². The molecule has 1 fully saturated rings. The zero-order chi connectivity index (χ0) is 14.5. The number of carbonyl (C=O) groups is 2. The number of hydrogen-bond donors (Lipinski definition) is 0. The van der Waals surface area contributed by atoms with Crippen molar-refractivity contribution in [3.05, 3.63) is 30.1 Å². The number of nitrogens with zero attached hydrogens (tertiary/aromatic N) is 1. The molecule has 108 valence electrons. The molecule has 0 aromatic heterocycles. The van der Waals surface area contributed by atoms with Gasteiger partial charge in [-0.2, -0.15) is 0 Å². The van der Waals surface area contributed by atoms with Crippen molar-refractivity contribution in [3.63, 3.8) is 0 Å². The SMILES string of the molecule is CCOC(=O)C(=O)C1CCN(c2ccc(F)cc2)CC1. The van der Waals surface area contributed by atoms with E-state index in [1.165, 1.54) is 12.1 Å². The summed E-state index contributed by atoms with van der Waals surface area (Å²) in [5.74, 6) is -1.68. The number of piperidine rings is 1. The second kappa shape index (κ2) is 6.50. The summed E-state index contributed by atoms with van der Waals surface area (Å²) in [5.41, 5.74) is 0.938. The Kier molecular flexibility index (Phi) is 4.71. The van der Waals surface area contributed by atoms with E-state index in [1.807, 2.05) is 0 Å². The van der Waals surface area contributed by atoms with E-state index in [-0.39, 0.29) is 18.3 Å². The fourth-order valence-corrected chi connectivity index (χ4v) is 2.42. The van der Waals surface area contributed by atoms with Crippen LogP contribution in [0.4, 0.5) is 10.1 Å². The van der Waals surface area contributed by atoms with Gasteiger partial charge in [-0.1, -0.05) is 0 Å². The molecule has 1 aromatic rings. The number of ketones is 1. The third-order valence-corrected chi connectivity index (χ3v) is 3.53. The van der Waals surface area contributed by atoms with Crippen molar-refractivity contribution < 1.29 is 18.7 Å². The molecule has 1 saturated heterocycles. The van der Waals surface area contributed by atoms with Crippen molar-refractivity contribution >= 4 is 17.4 Å². The van der Waals surface area contributed by atoms with Crippen LogP contribution in [-0.4, -0.2) is 31.4 Å². The Morgan fingerprint density at radius 1 is 1.25 bits per heavy atom. The van der Waals surface area contributed by atoms with Crippen LogP contribution < -0.4 is 4.90 Å². The first-order valence-electron chi connectivity index (χ1n) is 6.83. The van der Waals surface area contributed by atoms with Crippen LogP contribution >= 0.6 is 0 Å². The van der Waals surface area contributed by atoms with Gasteiger partial charge in [-0.05, 0) is 44.0 Å². The fourth-order valence-electron chi connectivity index (χ4n) is 2.42. The number of halogens is 1. The van der Waals surface area contributed by atoms with Crippen molar-refractivity contribution in [1.82, 2.24) is 0 Å². The van der Waals surface area contributed by atoms with E-state index in [2.05, 4.69) is 4.90 Å². The van der Waals surface area contributed by atoms with Gasteiger partial charge in [-0.15, -0.1) is 0 Å². The Balaban J connectivity index is 1.90. The van der Waals surface area contributed by atoms with Gasteiger partial charge in [0, 0.05) is 24.7 Å². The highest BCUT2D eigenvalue weighted by molar-refractivity contribution is 6.34. The molecule has 1 aromatic carbocycles. The van der Waals surface area contributed by atoms with Crippen LogP contribution in [0.15, 0.2) is 24.3 Å².